The molecule has 0 radical (unpaired) electrons. The Labute approximate surface area is 150 Å². The van der Waals surface area contributed by atoms with Gasteiger partial charge in [-0.2, -0.15) is 0 Å². The third-order valence-electron chi connectivity index (χ3n) is 3.92. The van der Waals surface area contributed by atoms with Crippen LogP contribution in [0.25, 0.3) is 0 Å². The maximum atomic E-state index is 12.5. The van der Waals surface area contributed by atoms with Gasteiger partial charge in [0.15, 0.2) is 0 Å². The van der Waals surface area contributed by atoms with Gasteiger partial charge in [-0.1, -0.05) is 78.0 Å². The van der Waals surface area contributed by atoms with Crippen LogP contribution < -0.4 is 0 Å². The Morgan fingerprint density at radius 3 is 2.17 bits per heavy atom. The molecule has 0 saturated heterocycles. The van der Waals surface area contributed by atoms with Gasteiger partial charge in [-0.05, 0) is 37.8 Å². The fraction of sp³-hybridized carbons (Fsp3) is 0.682. The van der Waals surface area contributed by atoms with Gasteiger partial charge in [-0.25, -0.2) is 4.39 Å². The zero-order chi connectivity index (χ0) is 19.0. The number of halogens is 1. The first-order valence-corrected chi connectivity index (χ1v) is 9.65. The molecule has 0 aromatic heterocycles. The van der Waals surface area contributed by atoms with Gasteiger partial charge in [0, 0.05) is 12.8 Å². The molecule has 0 aliphatic carbocycles. The van der Waals surface area contributed by atoms with Crippen molar-refractivity contribution in [2.45, 2.75) is 93.4 Å². The summed E-state index contributed by atoms with van der Waals surface area (Å²) in [5, 5.41) is 0. The van der Waals surface area contributed by atoms with Crippen LogP contribution in [0.5, 0.6) is 0 Å². The van der Waals surface area contributed by atoms with Crippen molar-refractivity contribution >= 4 is 5.78 Å². The standard InChI is InChI=1S/C12H24O.C8H9F.C2H6/c1-4-6-7-8-11(3)9-10-12(13)5-2;1-6-3-4-8(9)7(2)5-6;1-2/h11H,4-10H2,1-3H3;3-5H,1-2H3;1-2H3. The molecule has 1 aromatic carbocycles. The third kappa shape index (κ3) is 14.4. The predicted molar refractivity (Wildman–Crippen MR) is 105 cm³/mol. The monoisotopic (exact) mass is 338 g/mol. The SMILES string of the molecule is CC.CCCCCC(C)CCC(=O)CC.Cc1ccc(F)c(C)c1. The zero-order valence-corrected chi connectivity index (χ0v) is 17.0. The van der Waals surface area contributed by atoms with E-state index in [0.29, 0.717) is 12.2 Å². The maximum Gasteiger partial charge on any atom is 0.132 e. The Morgan fingerprint density at radius 1 is 1.08 bits per heavy atom. The van der Waals surface area contributed by atoms with Crippen LogP contribution in [0.4, 0.5) is 4.39 Å². The predicted octanol–water partition coefficient (Wildman–Crippen LogP) is 7.43. The molecule has 24 heavy (non-hydrogen) atoms. The van der Waals surface area contributed by atoms with Crippen LogP contribution >= 0.6 is 0 Å². The largest absolute Gasteiger partial charge is 0.300 e. The van der Waals surface area contributed by atoms with Crippen molar-refractivity contribution in [2.24, 2.45) is 5.92 Å². The highest BCUT2D eigenvalue weighted by Gasteiger charge is 2.04. The van der Waals surface area contributed by atoms with Crippen LogP contribution in [-0.2, 0) is 4.79 Å². The first-order chi connectivity index (χ1) is 11.4. The number of rotatable bonds is 8. The number of carbonyl (C=O) groups excluding carboxylic acids is 1. The minimum atomic E-state index is -0.124. The molecule has 2 heteroatoms. The van der Waals surface area contributed by atoms with Crippen molar-refractivity contribution in [1.29, 1.82) is 0 Å². The van der Waals surface area contributed by atoms with Crippen LogP contribution in [0, 0.1) is 25.6 Å². The molecule has 0 fully saturated rings. The summed E-state index contributed by atoms with van der Waals surface area (Å²) in [6, 6.07) is 5.09. The van der Waals surface area contributed by atoms with Crippen LogP contribution in [0.15, 0.2) is 18.2 Å². The molecule has 0 aliphatic heterocycles. The summed E-state index contributed by atoms with van der Waals surface area (Å²) in [6.45, 7) is 14.2. The number of hydrogen-bond acceptors (Lipinski definition) is 1. The number of hydrogen-bond donors (Lipinski definition) is 0. The number of unbranched alkanes of at least 4 members (excludes halogenated alkanes) is 2. The van der Waals surface area contributed by atoms with E-state index in [2.05, 4.69) is 13.8 Å². The van der Waals surface area contributed by atoms with Gasteiger partial charge in [0.05, 0.1) is 0 Å². The summed E-state index contributed by atoms with van der Waals surface area (Å²) in [4.78, 5) is 11.0. The zero-order valence-electron chi connectivity index (χ0n) is 17.0. The topological polar surface area (TPSA) is 17.1 Å². The van der Waals surface area contributed by atoms with E-state index < -0.39 is 0 Å². The molecule has 0 saturated carbocycles. The smallest absolute Gasteiger partial charge is 0.132 e. The van der Waals surface area contributed by atoms with E-state index in [4.69, 9.17) is 0 Å². The van der Waals surface area contributed by atoms with E-state index in [1.165, 1.54) is 31.7 Å². The second kappa shape index (κ2) is 16.7. The number of Topliss-reactive ketones (excluding diaryl/α,β-unsaturated/α-hetero) is 1. The number of benzene rings is 1. The van der Waals surface area contributed by atoms with Crippen molar-refractivity contribution in [2.75, 3.05) is 0 Å². The highest BCUT2D eigenvalue weighted by Crippen LogP contribution is 2.15. The maximum absolute atomic E-state index is 12.5. The molecular formula is C22H39FO. The van der Waals surface area contributed by atoms with E-state index in [1.54, 1.807) is 13.0 Å². The summed E-state index contributed by atoms with van der Waals surface area (Å²) in [5.74, 6) is 1.03. The van der Waals surface area contributed by atoms with Crippen LogP contribution in [0.2, 0.25) is 0 Å². The molecule has 0 N–H and O–H groups in total. The van der Waals surface area contributed by atoms with Crippen molar-refractivity contribution < 1.29 is 9.18 Å². The van der Waals surface area contributed by atoms with Gasteiger partial charge in [0.25, 0.3) is 0 Å². The Morgan fingerprint density at radius 2 is 1.71 bits per heavy atom. The van der Waals surface area contributed by atoms with Gasteiger partial charge in [-0.3, -0.25) is 4.79 Å². The number of aryl methyl sites for hydroxylation is 2. The fourth-order valence-corrected chi connectivity index (χ4v) is 2.27. The number of ketones is 1. The van der Waals surface area contributed by atoms with E-state index in [9.17, 15) is 9.18 Å². The summed E-state index contributed by atoms with van der Waals surface area (Å²) in [7, 11) is 0. The van der Waals surface area contributed by atoms with E-state index in [0.717, 1.165) is 29.9 Å². The van der Waals surface area contributed by atoms with Gasteiger partial charge < -0.3 is 0 Å². The molecule has 0 amide bonds. The number of carbonyl (C=O) groups is 1. The van der Waals surface area contributed by atoms with Gasteiger partial charge in [-0.15, -0.1) is 0 Å². The lowest BCUT2D eigenvalue weighted by atomic mass is 9.97. The van der Waals surface area contributed by atoms with Crippen LogP contribution in [0.3, 0.4) is 0 Å². The van der Waals surface area contributed by atoms with Crippen molar-refractivity contribution in [3.63, 3.8) is 0 Å². The van der Waals surface area contributed by atoms with Crippen LogP contribution in [-0.4, -0.2) is 5.78 Å². The highest BCUT2D eigenvalue weighted by atomic mass is 19.1. The molecule has 0 bridgehead atoms. The molecule has 1 nitrogen and oxygen atoms in total. The fourth-order valence-electron chi connectivity index (χ4n) is 2.27. The first-order valence-electron chi connectivity index (χ1n) is 9.65. The Balaban J connectivity index is 0. The lowest BCUT2D eigenvalue weighted by Gasteiger charge is -2.09. The quantitative estimate of drug-likeness (QED) is 0.450. The summed E-state index contributed by atoms with van der Waals surface area (Å²) >= 11 is 0. The Kier molecular flexibility index (Phi) is 17.4. The summed E-state index contributed by atoms with van der Waals surface area (Å²) in [5.41, 5.74) is 1.82. The first kappa shape index (κ1) is 25.1. The molecule has 1 atom stereocenters. The summed E-state index contributed by atoms with van der Waals surface area (Å²) < 4.78 is 12.5. The molecule has 0 spiro atoms. The molecule has 0 heterocycles. The second-order valence-corrected chi connectivity index (χ2v) is 6.28. The van der Waals surface area contributed by atoms with E-state index >= 15 is 0 Å². The minimum Gasteiger partial charge on any atom is -0.300 e. The molecule has 1 unspecified atom stereocenters. The molecule has 0 aliphatic rings. The van der Waals surface area contributed by atoms with E-state index in [-0.39, 0.29) is 5.82 Å². The lowest BCUT2D eigenvalue weighted by Crippen LogP contribution is -2.01. The molecule has 1 rings (SSSR count). The van der Waals surface area contributed by atoms with Gasteiger partial charge >= 0.3 is 0 Å². The highest BCUT2D eigenvalue weighted by molar-refractivity contribution is 5.77. The molecule has 1 aromatic rings. The van der Waals surface area contributed by atoms with Crippen molar-refractivity contribution in [3.05, 3.63) is 35.1 Å². The Hall–Kier alpha value is -1.18. The lowest BCUT2D eigenvalue weighted by molar-refractivity contribution is -0.119. The van der Waals surface area contributed by atoms with Gasteiger partial charge in [0.1, 0.15) is 11.6 Å². The molecule has 140 valence electrons. The minimum absolute atomic E-state index is 0.124. The van der Waals surface area contributed by atoms with E-state index in [1.807, 2.05) is 33.8 Å². The van der Waals surface area contributed by atoms with Crippen molar-refractivity contribution in [3.8, 4) is 0 Å². The normalized spacial score (nSPS) is 10.8. The average molecular weight is 339 g/mol. The Bertz CT molecular complexity index is 426. The average Bonchev–Trinajstić information content (AvgIpc) is 2.59. The second-order valence-electron chi connectivity index (χ2n) is 6.28. The van der Waals surface area contributed by atoms with Gasteiger partial charge in [0.2, 0.25) is 0 Å². The van der Waals surface area contributed by atoms with Crippen molar-refractivity contribution in [1.82, 2.24) is 0 Å². The summed E-state index contributed by atoms with van der Waals surface area (Å²) in [6.07, 6.45) is 7.86. The third-order valence-corrected chi connectivity index (χ3v) is 3.92. The van der Waals surface area contributed by atoms with Crippen LogP contribution in [0.1, 0.15) is 90.7 Å². The molecular weight excluding hydrogens is 299 g/mol.